The summed E-state index contributed by atoms with van der Waals surface area (Å²) in [6.07, 6.45) is 4.21. The Kier molecular flexibility index (Phi) is 7.87. The molecule has 1 aliphatic heterocycles. The highest BCUT2D eigenvalue weighted by Gasteiger charge is 2.20. The van der Waals surface area contributed by atoms with Gasteiger partial charge in [0.2, 0.25) is 0 Å². The van der Waals surface area contributed by atoms with Crippen LogP contribution in [0.25, 0.3) is 0 Å². The molecule has 1 aliphatic rings. The van der Waals surface area contributed by atoms with Crippen molar-refractivity contribution in [2.75, 3.05) is 26.2 Å². The smallest absolute Gasteiger partial charge is 0.315 e. The van der Waals surface area contributed by atoms with Crippen LogP contribution in [0.15, 0.2) is 47.1 Å². The van der Waals surface area contributed by atoms with Crippen LogP contribution in [0.1, 0.15) is 30.6 Å². The number of halogens is 1. The SMILES string of the molecule is O=C(NCCCOCc1ccco1)NC1CCN(Cc2ccc(F)cc2)CC1. The van der Waals surface area contributed by atoms with E-state index >= 15 is 0 Å². The number of urea groups is 1. The van der Waals surface area contributed by atoms with E-state index in [1.807, 2.05) is 24.3 Å². The number of furan rings is 1. The molecule has 0 aliphatic carbocycles. The topological polar surface area (TPSA) is 66.7 Å². The average Bonchev–Trinajstić information content (AvgIpc) is 3.21. The minimum absolute atomic E-state index is 0.122. The van der Waals surface area contributed by atoms with E-state index in [-0.39, 0.29) is 17.9 Å². The first-order valence-corrected chi connectivity index (χ1v) is 9.80. The second kappa shape index (κ2) is 10.8. The summed E-state index contributed by atoms with van der Waals surface area (Å²) in [4.78, 5) is 14.3. The fourth-order valence-corrected chi connectivity index (χ4v) is 3.26. The molecule has 0 radical (unpaired) electrons. The molecule has 0 atom stereocenters. The van der Waals surface area contributed by atoms with Gasteiger partial charge in [0.1, 0.15) is 18.2 Å². The van der Waals surface area contributed by atoms with Gasteiger partial charge in [0.15, 0.2) is 0 Å². The van der Waals surface area contributed by atoms with E-state index in [9.17, 15) is 9.18 Å². The third-order valence-corrected chi connectivity index (χ3v) is 4.82. The minimum atomic E-state index is -0.207. The Hall–Kier alpha value is -2.38. The Balaban J connectivity index is 1.23. The highest BCUT2D eigenvalue weighted by molar-refractivity contribution is 5.74. The monoisotopic (exact) mass is 389 g/mol. The molecule has 0 spiro atoms. The number of nitrogens with one attached hydrogen (secondary N) is 2. The third-order valence-electron chi connectivity index (χ3n) is 4.82. The zero-order valence-corrected chi connectivity index (χ0v) is 16.0. The van der Waals surface area contributed by atoms with Crippen molar-refractivity contribution in [3.8, 4) is 0 Å². The first-order valence-electron chi connectivity index (χ1n) is 9.80. The van der Waals surface area contributed by atoms with Crippen molar-refractivity contribution in [1.29, 1.82) is 0 Å². The predicted octanol–water partition coefficient (Wildman–Crippen LogP) is 3.29. The van der Waals surface area contributed by atoms with E-state index in [0.717, 1.165) is 50.2 Å². The molecular formula is C21H28FN3O3. The second-order valence-electron chi connectivity index (χ2n) is 7.06. The van der Waals surface area contributed by atoms with Gasteiger partial charge in [-0.2, -0.15) is 0 Å². The number of rotatable bonds is 9. The van der Waals surface area contributed by atoms with Crippen LogP contribution < -0.4 is 10.6 Å². The van der Waals surface area contributed by atoms with Gasteiger partial charge in [-0.3, -0.25) is 4.90 Å². The number of amides is 2. The standard InChI is InChI=1S/C21H28FN3O3/c22-18-6-4-17(5-7-18)15-25-11-8-19(9-12-25)24-21(26)23-10-2-13-27-16-20-3-1-14-28-20/h1,3-7,14,19H,2,8-13,15-16H2,(H2,23,24,26). The molecule has 2 aromatic rings. The Bertz CT molecular complexity index is 698. The third kappa shape index (κ3) is 6.98. The Morgan fingerprint density at radius 1 is 1.21 bits per heavy atom. The number of benzene rings is 1. The summed E-state index contributed by atoms with van der Waals surface area (Å²) in [6, 6.07) is 10.4. The van der Waals surface area contributed by atoms with Crippen LogP contribution in [0.5, 0.6) is 0 Å². The number of piperidine rings is 1. The number of nitrogens with zero attached hydrogens (tertiary/aromatic N) is 1. The number of ether oxygens (including phenoxy) is 1. The largest absolute Gasteiger partial charge is 0.467 e. The molecule has 0 saturated carbocycles. The molecule has 1 aromatic heterocycles. The molecule has 3 rings (SSSR count). The summed E-state index contributed by atoms with van der Waals surface area (Å²) in [7, 11) is 0. The summed E-state index contributed by atoms with van der Waals surface area (Å²) in [5, 5.41) is 5.92. The van der Waals surface area contributed by atoms with E-state index in [0.29, 0.717) is 19.8 Å². The number of carbonyl (C=O) groups is 1. The molecular weight excluding hydrogens is 361 g/mol. The summed E-state index contributed by atoms with van der Waals surface area (Å²) in [6.45, 7) is 4.26. The zero-order chi connectivity index (χ0) is 19.6. The number of likely N-dealkylation sites (tertiary alicyclic amines) is 1. The fraction of sp³-hybridized carbons (Fsp3) is 0.476. The number of carbonyl (C=O) groups excluding carboxylic acids is 1. The lowest BCUT2D eigenvalue weighted by atomic mass is 10.0. The van der Waals surface area contributed by atoms with Crippen LogP contribution in [0.4, 0.5) is 9.18 Å². The molecule has 1 saturated heterocycles. The van der Waals surface area contributed by atoms with Crippen LogP contribution in [0.3, 0.4) is 0 Å². The van der Waals surface area contributed by atoms with Crippen molar-refractivity contribution in [2.24, 2.45) is 0 Å². The highest BCUT2D eigenvalue weighted by Crippen LogP contribution is 2.14. The van der Waals surface area contributed by atoms with E-state index in [2.05, 4.69) is 15.5 Å². The fourth-order valence-electron chi connectivity index (χ4n) is 3.26. The number of hydrogen-bond acceptors (Lipinski definition) is 4. The molecule has 28 heavy (non-hydrogen) atoms. The van der Waals surface area contributed by atoms with Gasteiger partial charge in [-0.15, -0.1) is 0 Å². The van der Waals surface area contributed by atoms with E-state index in [1.54, 1.807) is 6.26 Å². The molecule has 0 unspecified atom stereocenters. The predicted molar refractivity (Wildman–Crippen MR) is 104 cm³/mol. The van der Waals surface area contributed by atoms with E-state index < -0.39 is 0 Å². The molecule has 1 fully saturated rings. The van der Waals surface area contributed by atoms with E-state index in [4.69, 9.17) is 9.15 Å². The molecule has 6 nitrogen and oxygen atoms in total. The number of hydrogen-bond donors (Lipinski definition) is 2. The first-order chi connectivity index (χ1) is 13.7. The summed E-state index contributed by atoms with van der Waals surface area (Å²) < 4.78 is 23.6. The quantitative estimate of drug-likeness (QED) is 0.646. The van der Waals surface area contributed by atoms with Gasteiger partial charge in [0.05, 0.1) is 6.26 Å². The maximum atomic E-state index is 13.0. The average molecular weight is 389 g/mol. The minimum Gasteiger partial charge on any atom is -0.467 e. The van der Waals surface area contributed by atoms with E-state index in [1.165, 1.54) is 12.1 Å². The zero-order valence-electron chi connectivity index (χ0n) is 16.0. The Morgan fingerprint density at radius 3 is 2.71 bits per heavy atom. The maximum absolute atomic E-state index is 13.0. The summed E-state index contributed by atoms with van der Waals surface area (Å²) >= 11 is 0. The van der Waals surface area contributed by atoms with Crippen molar-refractivity contribution in [3.05, 3.63) is 59.8 Å². The van der Waals surface area contributed by atoms with Gasteiger partial charge >= 0.3 is 6.03 Å². The second-order valence-corrected chi connectivity index (χ2v) is 7.06. The van der Waals surface area contributed by atoms with Gasteiger partial charge in [-0.25, -0.2) is 9.18 Å². The molecule has 1 aromatic carbocycles. The van der Waals surface area contributed by atoms with Gasteiger partial charge < -0.3 is 19.8 Å². The van der Waals surface area contributed by atoms with Crippen LogP contribution in [0.2, 0.25) is 0 Å². The lowest BCUT2D eigenvalue weighted by Crippen LogP contribution is -2.47. The van der Waals surface area contributed by atoms with Crippen LogP contribution in [-0.2, 0) is 17.9 Å². The van der Waals surface area contributed by atoms with Crippen molar-refractivity contribution >= 4 is 6.03 Å². The highest BCUT2D eigenvalue weighted by atomic mass is 19.1. The van der Waals surface area contributed by atoms with Crippen molar-refractivity contribution < 1.29 is 18.3 Å². The van der Waals surface area contributed by atoms with Gasteiger partial charge in [-0.1, -0.05) is 12.1 Å². The van der Waals surface area contributed by atoms with Crippen LogP contribution >= 0.6 is 0 Å². The van der Waals surface area contributed by atoms with Gasteiger partial charge in [-0.05, 0) is 49.1 Å². The Labute approximate surface area is 165 Å². The van der Waals surface area contributed by atoms with Crippen LogP contribution in [0, 0.1) is 5.82 Å². The summed E-state index contributed by atoms with van der Waals surface area (Å²) in [5.41, 5.74) is 1.11. The molecule has 7 heteroatoms. The van der Waals surface area contributed by atoms with Gasteiger partial charge in [0.25, 0.3) is 0 Å². The lowest BCUT2D eigenvalue weighted by molar-refractivity contribution is 0.104. The maximum Gasteiger partial charge on any atom is 0.315 e. The normalized spacial score (nSPS) is 15.5. The summed E-state index contributed by atoms with van der Waals surface area (Å²) in [5.74, 6) is 0.596. The molecule has 152 valence electrons. The van der Waals surface area contributed by atoms with Crippen LogP contribution in [-0.4, -0.2) is 43.2 Å². The lowest BCUT2D eigenvalue weighted by Gasteiger charge is -2.32. The molecule has 2 heterocycles. The van der Waals surface area contributed by atoms with Crippen molar-refractivity contribution in [3.63, 3.8) is 0 Å². The van der Waals surface area contributed by atoms with Gasteiger partial charge in [0, 0.05) is 38.8 Å². The first kappa shape index (κ1) is 20.4. The Morgan fingerprint density at radius 2 is 2.00 bits per heavy atom. The molecule has 2 amide bonds. The van der Waals surface area contributed by atoms with Crippen molar-refractivity contribution in [2.45, 2.75) is 38.5 Å². The van der Waals surface area contributed by atoms with Crippen molar-refractivity contribution in [1.82, 2.24) is 15.5 Å². The molecule has 2 N–H and O–H groups in total. The molecule has 0 bridgehead atoms.